The van der Waals surface area contributed by atoms with Crippen molar-refractivity contribution in [3.05, 3.63) is 12.3 Å². The van der Waals surface area contributed by atoms with Gasteiger partial charge < -0.3 is 0 Å². The summed E-state index contributed by atoms with van der Waals surface area (Å²) in [7, 11) is 0. The zero-order chi connectivity index (χ0) is 7.40. The van der Waals surface area contributed by atoms with Gasteiger partial charge in [0.1, 0.15) is 0 Å². The Morgan fingerprint density at radius 3 is 3.00 bits per heavy atom. The summed E-state index contributed by atoms with van der Waals surface area (Å²) in [6, 6.07) is 2.02. The van der Waals surface area contributed by atoms with Crippen molar-refractivity contribution in [2.45, 2.75) is 10.1 Å². The van der Waals surface area contributed by atoms with E-state index >= 15 is 0 Å². The molecule has 2 nitrogen and oxygen atoms in total. The summed E-state index contributed by atoms with van der Waals surface area (Å²) in [5.74, 6) is 0. The topological polar surface area (TPSA) is 25.8 Å². The molecule has 0 unspecified atom stereocenters. The Bertz CT molecular complexity index is 197. The zero-order valence-electron chi connectivity index (χ0n) is 5.96. The molecule has 52 valence electrons. The van der Waals surface area contributed by atoms with E-state index in [9.17, 15) is 0 Å². The van der Waals surface area contributed by atoms with Gasteiger partial charge in [-0.05, 0) is 0 Å². The van der Waals surface area contributed by atoms with Crippen molar-refractivity contribution in [3.63, 3.8) is 0 Å². The van der Waals surface area contributed by atoms with Crippen molar-refractivity contribution in [3.8, 4) is 0 Å². The van der Waals surface area contributed by atoms with Gasteiger partial charge in [-0.2, -0.15) is 0 Å². The van der Waals surface area contributed by atoms with E-state index in [1.807, 2.05) is 18.5 Å². The molecular weight excluding hydrogens is 251 g/mol. The van der Waals surface area contributed by atoms with E-state index in [4.69, 9.17) is 0 Å². The van der Waals surface area contributed by atoms with Crippen molar-refractivity contribution >= 4 is 36.6 Å². The van der Waals surface area contributed by atoms with Crippen LogP contribution in [0.1, 0.15) is 0 Å². The minimum atomic E-state index is -0.347. The predicted molar refractivity (Wildman–Crippen MR) is 45.1 cm³/mol. The Morgan fingerprint density at radius 2 is 2.40 bits per heavy atom. The van der Waals surface area contributed by atoms with Crippen LogP contribution in [0, 0.1) is 0 Å². The zero-order valence-corrected chi connectivity index (χ0v) is 9.63. The van der Waals surface area contributed by atoms with Crippen LogP contribution in [-0.4, -0.2) is 37.4 Å². The van der Waals surface area contributed by atoms with Gasteiger partial charge in [0, 0.05) is 0 Å². The van der Waals surface area contributed by atoms with E-state index in [2.05, 4.69) is 14.9 Å². The molecule has 0 saturated heterocycles. The molecule has 2 radical (unpaired) electrons. The molecule has 10 heavy (non-hydrogen) atoms. The van der Waals surface area contributed by atoms with Crippen LogP contribution in [-0.2, 0) is 0 Å². The molecule has 0 N–H and O–H groups in total. The fraction of sp³-hybridized carbons (Fsp3) is 0.333. The van der Waals surface area contributed by atoms with Gasteiger partial charge in [-0.3, -0.25) is 0 Å². The van der Waals surface area contributed by atoms with Crippen LogP contribution in [0.4, 0.5) is 0 Å². The average Bonchev–Trinajstić information content (AvgIpc) is 2.05. The molecular formula is C6H8N2SSn. The van der Waals surface area contributed by atoms with Crippen molar-refractivity contribution in [2.24, 2.45) is 0 Å². The van der Waals surface area contributed by atoms with Gasteiger partial charge in [-0.1, -0.05) is 0 Å². The van der Waals surface area contributed by atoms with Crippen LogP contribution in [0.25, 0.3) is 0 Å². The minimum absolute atomic E-state index is 0.347. The van der Waals surface area contributed by atoms with Crippen LogP contribution in [0.2, 0.25) is 4.94 Å². The summed E-state index contributed by atoms with van der Waals surface area (Å²) in [6.07, 6.45) is 3.85. The SMILES string of the molecule is CSc1ncc[c]([Sn][CH3])n1. The number of hydrogen-bond acceptors (Lipinski definition) is 3. The third-order valence-electron chi connectivity index (χ3n) is 1.07. The first-order valence-corrected chi connectivity index (χ1v) is 8.42. The average molecular weight is 259 g/mol. The predicted octanol–water partition coefficient (Wildman–Crippen LogP) is 0.576. The molecule has 1 heterocycles. The molecule has 1 aromatic rings. The van der Waals surface area contributed by atoms with Crippen molar-refractivity contribution in [1.82, 2.24) is 9.97 Å². The molecule has 0 aliphatic rings. The summed E-state index contributed by atoms with van der Waals surface area (Å²) in [5, 5.41) is 0.903. The van der Waals surface area contributed by atoms with Gasteiger partial charge >= 0.3 is 75.2 Å². The normalized spacial score (nSPS) is 9.80. The molecule has 4 heteroatoms. The van der Waals surface area contributed by atoms with E-state index in [0.29, 0.717) is 0 Å². The second-order valence-corrected chi connectivity index (χ2v) is 5.34. The van der Waals surface area contributed by atoms with Gasteiger partial charge in [0.15, 0.2) is 0 Å². The standard InChI is InChI=1S/C5H5N2S.CH3.Sn/c1-8-5-6-3-2-4-7-5;;/h2-3H,1H3;1H3;. The quantitative estimate of drug-likeness (QED) is 0.441. The fourth-order valence-corrected chi connectivity index (χ4v) is 2.48. The summed E-state index contributed by atoms with van der Waals surface area (Å²) >= 11 is 1.26. The Hall–Kier alpha value is 0.229. The van der Waals surface area contributed by atoms with Crippen molar-refractivity contribution in [2.75, 3.05) is 6.26 Å². The van der Waals surface area contributed by atoms with Crippen molar-refractivity contribution < 1.29 is 0 Å². The Labute approximate surface area is 75.1 Å². The molecule has 0 saturated carbocycles. The first kappa shape index (κ1) is 8.33. The van der Waals surface area contributed by atoms with Crippen LogP contribution >= 0.6 is 11.8 Å². The maximum atomic E-state index is 4.34. The summed E-state index contributed by atoms with van der Waals surface area (Å²) in [4.78, 5) is 10.7. The van der Waals surface area contributed by atoms with Crippen LogP contribution in [0.5, 0.6) is 0 Å². The second-order valence-electron chi connectivity index (χ2n) is 1.68. The molecule has 0 fully saturated rings. The van der Waals surface area contributed by atoms with Gasteiger partial charge in [-0.25, -0.2) is 0 Å². The van der Waals surface area contributed by atoms with Crippen LogP contribution in [0.15, 0.2) is 17.4 Å². The molecule has 0 bridgehead atoms. The maximum absolute atomic E-state index is 4.34. The van der Waals surface area contributed by atoms with Gasteiger partial charge in [-0.15, -0.1) is 0 Å². The Kier molecular flexibility index (Phi) is 3.48. The van der Waals surface area contributed by atoms with Gasteiger partial charge in [0.2, 0.25) is 0 Å². The third-order valence-corrected chi connectivity index (χ3v) is 3.89. The molecule has 0 aromatic carbocycles. The molecule has 1 rings (SSSR count). The Balaban J connectivity index is 2.87. The van der Waals surface area contributed by atoms with E-state index < -0.39 is 0 Å². The first-order chi connectivity index (χ1) is 4.86. The number of thioether (sulfide) groups is 1. The molecule has 1 aromatic heterocycles. The van der Waals surface area contributed by atoms with Crippen LogP contribution in [0.3, 0.4) is 0 Å². The van der Waals surface area contributed by atoms with Crippen LogP contribution < -0.4 is 3.71 Å². The summed E-state index contributed by atoms with van der Waals surface area (Å²) < 4.78 is 1.28. The number of rotatable bonds is 2. The van der Waals surface area contributed by atoms with E-state index in [1.165, 1.54) is 3.71 Å². The van der Waals surface area contributed by atoms with Gasteiger partial charge in [0.05, 0.1) is 0 Å². The molecule has 0 spiro atoms. The molecule has 0 atom stereocenters. The molecule has 0 aliphatic heterocycles. The third kappa shape index (κ3) is 2.12. The monoisotopic (exact) mass is 260 g/mol. The van der Waals surface area contributed by atoms with E-state index in [0.717, 1.165) is 5.16 Å². The van der Waals surface area contributed by atoms with Crippen molar-refractivity contribution in [1.29, 1.82) is 0 Å². The first-order valence-electron chi connectivity index (χ1n) is 2.91. The number of nitrogens with zero attached hydrogens (tertiary/aromatic N) is 2. The number of hydrogen-bond donors (Lipinski definition) is 0. The van der Waals surface area contributed by atoms with E-state index in [-0.39, 0.29) is 21.1 Å². The summed E-state index contributed by atoms with van der Waals surface area (Å²) in [5.41, 5.74) is 0. The molecule has 0 amide bonds. The fourth-order valence-electron chi connectivity index (χ4n) is 0.578. The Morgan fingerprint density at radius 1 is 1.60 bits per heavy atom. The number of aromatic nitrogens is 2. The van der Waals surface area contributed by atoms with E-state index in [1.54, 1.807) is 11.8 Å². The molecule has 0 aliphatic carbocycles. The van der Waals surface area contributed by atoms with Gasteiger partial charge in [0.25, 0.3) is 0 Å². The summed E-state index contributed by atoms with van der Waals surface area (Å²) in [6.45, 7) is 0. The second kappa shape index (κ2) is 4.18.